The van der Waals surface area contributed by atoms with Crippen LogP contribution in [0.3, 0.4) is 0 Å². The number of pyridine rings is 2. The van der Waals surface area contributed by atoms with E-state index in [1.807, 2.05) is 42.5 Å². The highest BCUT2D eigenvalue weighted by atomic mass is 16.5. The molecule has 0 N–H and O–H groups in total. The number of benzene rings is 1. The summed E-state index contributed by atoms with van der Waals surface area (Å²) >= 11 is 0. The van der Waals surface area contributed by atoms with Gasteiger partial charge in [0.25, 0.3) is 0 Å². The van der Waals surface area contributed by atoms with E-state index in [4.69, 9.17) is 10.00 Å². The molecule has 0 amide bonds. The van der Waals surface area contributed by atoms with Crippen LogP contribution in [0.4, 0.5) is 0 Å². The predicted molar refractivity (Wildman–Crippen MR) is 84.2 cm³/mol. The van der Waals surface area contributed by atoms with Crippen LogP contribution in [0.15, 0.2) is 60.9 Å². The maximum absolute atomic E-state index is 8.98. The van der Waals surface area contributed by atoms with E-state index in [1.165, 1.54) is 0 Å². The van der Waals surface area contributed by atoms with Crippen molar-refractivity contribution < 1.29 is 4.74 Å². The van der Waals surface area contributed by atoms with Gasteiger partial charge in [-0.3, -0.25) is 4.98 Å². The Morgan fingerprint density at radius 3 is 2.55 bits per heavy atom. The first-order chi connectivity index (χ1) is 10.8. The molecule has 4 nitrogen and oxygen atoms in total. The first-order valence-corrected chi connectivity index (χ1v) is 6.78. The molecule has 0 unspecified atom stereocenters. The Morgan fingerprint density at radius 1 is 0.955 bits per heavy atom. The van der Waals surface area contributed by atoms with Crippen molar-refractivity contribution in [3.63, 3.8) is 0 Å². The SMILES string of the molecule is COc1ccc(-c2ccnc(C#N)c2)cc1-c1ccccn1. The summed E-state index contributed by atoms with van der Waals surface area (Å²) in [4.78, 5) is 8.38. The number of ether oxygens (including phenoxy) is 1. The second kappa shape index (κ2) is 6.06. The maximum Gasteiger partial charge on any atom is 0.141 e. The van der Waals surface area contributed by atoms with Gasteiger partial charge in [-0.1, -0.05) is 12.1 Å². The summed E-state index contributed by atoms with van der Waals surface area (Å²) in [5.74, 6) is 0.761. The van der Waals surface area contributed by atoms with Crippen LogP contribution in [-0.2, 0) is 0 Å². The Kier molecular flexibility index (Phi) is 3.80. The van der Waals surface area contributed by atoms with Crippen molar-refractivity contribution in [2.45, 2.75) is 0 Å². The molecule has 22 heavy (non-hydrogen) atoms. The standard InChI is InChI=1S/C18H13N3O/c1-22-18-6-5-13(14-7-9-20-15(10-14)12-19)11-16(18)17-4-2-3-8-21-17/h2-11H,1H3. The molecular weight excluding hydrogens is 274 g/mol. The lowest BCUT2D eigenvalue weighted by Crippen LogP contribution is -1.91. The number of hydrogen-bond acceptors (Lipinski definition) is 4. The van der Waals surface area contributed by atoms with Crippen LogP contribution in [0.1, 0.15) is 5.69 Å². The lowest BCUT2D eigenvalue weighted by atomic mass is 10.0. The lowest BCUT2D eigenvalue weighted by Gasteiger charge is -2.10. The fourth-order valence-electron chi connectivity index (χ4n) is 2.28. The molecule has 1 aromatic carbocycles. The van der Waals surface area contributed by atoms with Crippen molar-refractivity contribution in [3.8, 4) is 34.2 Å². The van der Waals surface area contributed by atoms with Gasteiger partial charge in [0.2, 0.25) is 0 Å². The first-order valence-electron chi connectivity index (χ1n) is 6.78. The number of nitriles is 1. The Bertz CT molecular complexity index is 838. The molecule has 0 aliphatic carbocycles. The summed E-state index contributed by atoms with van der Waals surface area (Å²) < 4.78 is 5.43. The highest BCUT2D eigenvalue weighted by Crippen LogP contribution is 2.33. The van der Waals surface area contributed by atoms with Crippen molar-refractivity contribution in [2.75, 3.05) is 7.11 Å². The zero-order chi connectivity index (χ0) is 15.4. The third-order valence-electron chi connectivity index (χ3n) is 3.35. The summed E-state index contributed by atoms with van der Waals surface area (Å²) in [7, 11) is 1.64. The minimum Gasteiger partial charge on any atom is -0.496 e. The van der Waals surface area contributed by atoms with Crippen LogP contribution in [0.5, 0.6) is 5.75 Å². The average Bonchev–Trinajstić information content (AvgIpc) is 2.62. The van der Waals surface area contributed by atoms with E-state index in [-0.39, 0.29) is 0 Å². The van der Waals surface area contributed by atoms with E-state index in [0.29, 0.717) is 5.69 Å². The van der Waals surface area contributed by atoms with E-state index in [9.17, 15) is 0 Å². The molecule has 2 aromatic heterocycles. The van der Waals surface area contributed by atoms with Crippen LogP contribution >= 0.6 is 0 Å². The quantitative estimate of drug-likeness (QED) is 0.737. The van der Waals surface area contributed by atoms with Crippen LogP contribution < -0.4 is 4.74 Å². The largest absolute Gasteiger partial charge is 0.496 e. The van der Waals surface area contributed by atoms with Gasteiger partial charge in [-0.05, 0) is 47.5 Å². The summed E-state index contributed by atoms with van der Waals surface area (Å²) in [6, 6.07) is 17.3. The summed E-state index contributed by atoms with van der Waals surface area (Å²) in [6.07, 6.45) is 3.39. The normalized spacial score (nSPS) is 10.0. The number of methoxy groups -OCH3 is 1. The Balaban J connectivity index is 2.13. The second-order valence-corrected chi connectivity index (χ2v) is 4.67. The molecule has 0 bridgehead atoms. The minimum absolute atomic E-state index is 0.396. The molecule has 0 saturated heterocycles. The van der Waals surface area contributed by atoms with Crippen LogP contribution in [0.2, 0.25) is 0 Å². The summed E-state index contributed by atoms with van der Waals surface area (Å²) in [6.45, 7) is 0. The molecule has 0 aliphatic rings. The molecule has 2 heterocycles. The zero-order valence-electron chi connectivity index (χ0n) is 12.0. The van der Waals surface area contributed by atoms with Crippen molar-refractivity contribution in [1.82, 2.24) is 9.97 Å². The number of aromatic nitrogens is 2. The van der Waals surface area contributed by atoms with E-state index in [2.05, 4.69) is 16.0 Å². The fraction of sp³-hybridized carbons (Fsp3) is 0.0556. The van der Waals surface area contributed by atoms with Gasteiger partial charge in [0, 0.05) is 18.0 Å². The molecule has 0 radical (unpaired) electrons. The molecule has 106 valence electrons. The Labute approximate surface area is 128 Å². The smallest absolute Gasteiger partial charge is 0.141 e. The lowest BCUT2D eigenvalue weighted by molar-refractivity contribution is 0.416. The predicted octanol–water partition coefficient (Wildman–Crippen LogP) is 3.69. The van der Waals surface area contributed by atoms with Gasteiger partial charge in [-0.25, -0.2) is 4.98 Å². The first kappa shape index (κ1) is 13.8. The second-order valence-electron chi connectivity index (χ2n) is 4.67. The average molecular weight is 287 g/mol. The Morgan fingerprint density at radius 2 is 1.82 bits per heavy atom. The van der Waals surface area contributed by atoms with Gasteiger partial charge < -0.3 is 4.74 Å². The molecular formula is C18H13N3O. The van der Waals surface area contributed by atoms with Crippen LogP contribution in [0, 0.1) is 11.3 Å². The third kappa shape index (κ3) is 2.65. The number of nitrogens with zero attached hydrogens (tertiary/aromatic N) is 3. The van der Waals surface area contributed by atoms with Gasteiger partial charge in [0.1, 0.15) is 17.5 Å². The van der Waals surface area contributed by atoms with Gasteiger partial charge >= 0.3 is 0 Å². The molecule has 0 spiro atoms. The topological polar surface area (TPSA) is 58.8 Å². The zero-order valence-corrected chi connectivity index (χ0v) is 12.0. The van der Waals surface area contributed by atoms with Crippen molar-refractivity contribution in [3.05, 3.63) is 66.6 Å². The molecule has 3 rings (SSSR count). The summed E-state index contributed by atoms with van der Waals surface area (Å²) in [5, 5.41) is 8.98. The van der Waals surface area contributed by atoms with Crippen molar-refractivity contribution >= 4 is 0 Å². The van der Waals surface area contributed by atoms with E-state index in [1.54, 1.807) is 25.6 Å². The molecule has 0 fully saturated rings. The molecule has 4 heteroatoms. The van der Waals surface area contributed by atoms with E-state index in [0.717, 1.165) is 28.1 Å². The molecule has 3 aromatic rings. The molecule has 0 aliphatic heterocycles. The number of rotatable bonds is 3. The number of hydrogen-bond donors (Lipinski definition) is 0. The van der Waals surface area contributed by atoms with Gasteiger partial charge in [-0.2, -0.15) is 5.26 Å². The fourth-order valence-corrected chi connectivity index (χ4v) is 2.28. The molecule has 0 atom stereocenters. The van der Waals surface area contributed by atoms with Crippen LogP contribution in [-0.4, -0.2) is 17.1 Å². The highest BCUT2D eigenvalue weighted by Gasteiger charge is 2.09. The Hall–Kier alpha value is -3.19. The van der Waals surface area contributed by atoms with Gasteiger partial charge in [0.05, 0.1) is 12.8 Å². The van der Waals surface area contributed by atoms with E-state index < -0.39 is 0 Å². The van der Waals surface area contributed by atoms with Crippen LogP contribution in [0.25, 0.3) is 22.4 Å². The molecule has 0 saturated carbocycles. The van der Waals surface area contributed by atoms with Gasteiger partial charge in [-0.15, -0.1) is 0 Å². The summed E-state index contributed by atoms with van der Waals surface area (Å²) in [5.41, 5.74) is 4.08. The third-order valence-corrected chi connectivity index (χ3v) is 3.35. The minimum atomic E-state index is 0.396. The maximum atomic E-state index is 8.98. The van der Waals surface area contributed by atoms with E-state index >= 15 is 0 Å². The van der Waals surface area contributed by atoms with Crippen molar-refractivity contribution in [1.29, 1.82) is 5.26 Å². The monoisotopic (exact) mass is 287 g/mol. The van der Waals surface area contributed by atoms with Gasteiger partial charge in [0.15, 0.2) is 0 Å². The highest BCUT2D eigenvalue weighted by molar-refractivity contribution is 5.76. The van der Waals surface area contributed by atoms with Crippen molar-refractivity contribution in [2.24, 2.45) is 0 Å².